The molecular formula is C21H36O2Si. The lowest BCUT2D eigenvalue weighted by Crippen LogP contribution is -2.37. The molecular weight excluding hydrogens is 312 g/mol. The quantitative estimate of drug-likeness (QED) is 0.441. The van der Waals surface area contributed by atoms with Gasteiger partial charge in [0.15, 0.2) is 8.32 Å². The van der Waals surface area contributed by atoms with Gasteiger partial charge in [0.25, 0.3) is 0 Å². The summed E-state index contributed by atoms with van der Waals surface area (Å²) < 4.78 is 6.25. The van der Waals surface area contributed by atoms with Crippen molar-refractivity contribution in [3.63, 3.8) is 0 Å². The SMILES string of the molecule is CC(C/C=C/C(C)(C)O[Si](C)(C)C)C1=CCC2C(=O)CCC[C@]12C. The first kappa shape index (κ1) is 19.6. The summed E-state index contributed by atoms with van der Waals surface area (Å²) >= 11 is 0. The van der Waals surface area contributed by atoms with Gasteiger partial charge in [0.1, 0.15) is 5.78 Å². The average Bonchev–Trinajstić information content (AvgIpc) is 2.74. The Bertz CT molecular complexity index is 539. The molecule has 24 heavy (non-hydrogen) atoms. The minimum atomic E-state index is -1.54. The third kappa shape index (κ3) is 4.48. The molecule has 2 aliphatic carbocycles. The molecule has 1 fully saturated rings. The van der Waals surface area contributed by atoms with E-state index in [1.165, 1.54) is 12.0 Å². The van der Waals surface area contributed by atoms with E-state index in [-0.39, 0.29) is 16.9 Å². The topological polar surface area (TPSA) is 26.3 Å². The fraction of sp³-hybridized carbons (Fsp3) is 0.762. The molecule has 0 aromatic heterocycles. The molecule has 2 aliphatic rings. The summed E-state index contributed by atoms with van der Waals surface area (Å²) in [6, 6.07) is 0. The van der Waals surface area contributed by atoms with Gasteiger partial charge in [-0.05, 0) is 70.5 Å². The van der Waals surface area contributed by atoms with Crippen molar-refractivity contribution in [2.75, 3.05) is 0 Å². The van der Waals surface area contributed by atoms with E-state index in [9.17, 15) is 4.79 Å². The summed E-state index contributed by atoms with van der Waals surface area (Å²) in [4.78, 5) is 12.3. The largest absolute Gasteiger partial charge is 0.409 e. The Balaban J connectivity index is 1.99. The molecule has 0 N–H and O–H groups in total. The summed E-state index contributed by atoms with van der Waals surface area (Å²) in [6.07, 6.45) is 11.9. The van der Waals surface area contributed by atoms with E-state index in [4.69, 9.17) is 4.43 Å². The molecule has 0 saturated heterocycles. The minimum Gasteiger partial charge on any atom is -0.409 e. The number of rotatable bonds is 6. The fourth-order valence-corrected chi connectivity index (χ4v) is 6.47. The van der Waals surface area contributed by atoms with Gasteiger partial charge in [0.2, 0.25) is 0 Å². The number of hydrogen-bond acceptors (Lipinski definition) is 2. The summed E-state index contributed by atoms with van der Waals surface area (Å²) in [5, 5.41) is 0. The zero-order chi connectivity index (χ0) is 18.2. The first-order chi connectivity index (χ1) is 10.9. The van der Waals surface area contributed by atoms with Crippen molar-refractivity contribution in [1.82, 2.24) is 0 Å². The molecule has 0 aliphatic heterocycles. The third-order valence-corrected chi connectivity index (χ3v) is 6.76. The Morgan fingerprint density at radius 2 is 2.08 bits per heavy atom. The molecule has 2 nitrogen and oxygen atoms in total. The minimum absolute atomic E-state index is 0.118. The van der Waals surface area contributed by atoms with Crippen LogP contribution in [0.2, 0.25) is 19.6 Å². The Morgan fingerprint density at radius 1 is 1.42 bits per heavy atom. The zero-order valence-corrected chi connectivity index (χ0v) is 17.7. The van der Waals surface area contributed by atoms with Crippen LogP contribution in [0.25, 0.3) is 0 Å². The maximum atomic E-state index is 12.3. The predicted molar refractivity (Wildman–Crippen MR) is 105 cm³/mol. The number of Topliss-reactive ketones (excluding diaryl/α,β-unsaturated/α-hetero) is 1. The van der Waals surface area contributed by atoms with Gasteiger partial charge < -0.3 is 4.43 Å². The van der Waals surface area contributed by atoms with Crippen molar-refractivity contribution < 1.29 is 9.22 Å². The average molecular weight is 349 g/mol. The van der Waals surface area contributed by atoms with Crippen LogP contribution in [0.4, 0.5) is 0 Å². The number of allylic oxidation sites excluding steroid dienone is 3. The van der Waals surface area contributed by atoms with E-state index in [1.54, 1.807) is 0 Å². The molecule has 0 bridgehead atoms. The number of fused-ring (bicyclic) bond motifs is 1. The maximum absolute atomic E-state index is 12.3. The molecule has 3 atom stereocenters. The van der Waals surface area contributed by atoms with Gasteiger partial charge in [-0.3, -0.25) is 4.79 Å². The van der Waals surface area contributed by atoms with Crippen molar-refractivity contribution in [2.45, 2.75) is 85.0 Å². The van der Waals surface area contributed by atoms with Crippen LogP contribution < -0.4 is 0 Å². The van der Waals surface area contributed by atoms with Crippen LogP contribution in [0, 0.1) is 17.3 Å². The number of carbonyl (C=O) groups is 1. The maximum Gasteiger partial charge on any atom is 0.184 e. The molecule has 136 valence electrons. The smallest absolute Gasteiger partial charge is 0.184 e. The van der Waals surface area contributed by atoms with Crippen molar-refractivity contribution >= 4 is 14.1 Å². The second-order valence-corrected chi connectivity index (χ2v) is 14.0. The van der Waals surface area contributed by atoms with Crippen LogP contribution in [0.3, 0.4) is 0 Å². The fourth-order valence-electron chi connectivity index (χ4n) is 4.82. The van der Waals surface area contributed by atoms with Gasteiger partial charge in [-0.15, -0.1) is 0 Å². The van der Waals surface area contributed by atoms with Crippen LogP contribution in [-0.4, -0.2) is 19.7 Å². The van der Waals surface area contributed by atoms with Gasteiger partial charge in [-0.25, -0.2) is 0 Å². The van der Waals surface area contributed by atoms with Crippen LogP contribution in [-0.2, 0) is 9.22 Å². The summed E-state index contributed by atoms with van der Waals surface area (Å²) in [6.45, 7) is 15.6. The highest BCUT2D eigenvalue weighted by Crippen LogP contribution is 2.53. The lowest BCUT2D eigenvalue weighted by atomic mass is 9.63. The zero-order valence-electron chi connectivity index (χ0n) is 16.7. The molecule has 0 aromatic carbocycles. The van der Waals surface area contributed by atoms with Crippen molar-refractivity contribution in [2.24, 2.45) is 17.3 Å². The van der Waals surface area contributed by atoms with Gasteiger partial charge in [0, 0.05) is 12.3 Å². The summed E-state index contributed by atoms with van der Waals surface area (Å²) in [5.74, 6) is 1.24. The molecule has 0 spiro atoms. The van der Waals surface area contributed by atoms with E-state index in [0.29, 0.717) is 11.7 Å². The van der Waals surface area contributed by atoms with Crippen molar-refractivity contribution in [1.29, 1.82) is 0 Å². The normalized spacial score (nSPS) is 29.7. The number of ketones is 1. The molecule has 0 amide bonds. The van der Waals surface area contributed by atoms with Crippen molar-refractivity contribution in [3.05, 3.63) is 23.8 Å². The standard InChI is InChI=1S/C21H36O2Si/c1-16(10-8-14-20(2,3)23-24(5,6)7)17-12-13-18-19(22)11-9-15-21(17,18)4/h8,12,14,16,18H,9-11,13,15H2,1-7H3/b14-8+/t16?,18?,21-/m1/s1. The van der Waals surface area contributed by atoms with E-state index >= 15 is 0 Å². The Morgan fingerprint density at radius 3 is 2.71 bits per heavy atom. The first-order valence-electron chi connectivity index (χ1n) is 9.56. The Labute approximate surface area is 149 Å². The summed E-state index contributed by atoms with van der Waals surface area (Å²) in [5.41, 5.74) is 1.45. The first-order valence-corrected chi connectivity index (χ1v) is 13.0. The molecule has 2 rings (SSSR count). The lowest BCUT2D eigenvalue weighted by molar-refractivity contribution is -0.128. The third-order valence-electron chi connectivity index (χ3n) is 5.62. The van der Waals surface area contributed by atoms with Crippen LogP contribution in [0.5, 0.6) is 0 Å². The molecule has 3 heteroatoms. The highest BCUT2D eigenvalue weighted by molar-refractivity contribution is 6.69. The predicted octanol–water partition coefficient (Wildman–Crippen LogP) is 5.90. The molecule has 0 aromatic rings. The van der Waals surface area contributed by atoms with E-state index in [2.05, 4.69) is 65.6 Å². The van der Waals surface area contributed by atoms with E-state index < -0.39 is 8.32 Å². The molecule has 1 saturated carbocycles. The monoisotopic (exact) mass is 348 g/mol. The van der Waals surface area contributed by atoms with E-state index in [0.717, 1.165) is 25.7 Å². The second-order valence-electron chi connectivity index (χ2n) is 9.54. The van der Waals surface area contributed by atoms with Gasteiger partial charge in [-0.2, -0.15) is 0 Å². The highest BCUT2D eigenvalue weighted by Gasteiger charge is 2.47. The van der Waals surface area contributed by atoms with Crippen LogP contribution in [0.15, 0.2) is 23.8 Å². The second kappa shape index (κ2) is 6.91. The van der Waals surface area contributed by atoms with Crippen LogP contribution >= 0.6 is 0 Å². The number of hydrogen-bond donors (Lipinski definition) is 0. The van der Waals surface area contributed by atoms with Gasteiger partial charge in [0.05, 0.1) is 5.60 Å². The number of carbonyl (C=O) groups excluding carboxylic acids is 1. The molecule has 2 unspecified atom stereocenters. The Kier molecular flexibility index (Phi) is 5.66. The Hall–Kier alpha value is -0.673. The molecule has 0 heterocycles. The lowest BCUT2D eigenvalue weighted by Gasteiger charge is -2.40. The van der Waals surface area contributed by atoms with Crippen LogP contribution in [0.1, 0.15) is 59.8 Å². The van der Waals surface area contributed by atoms with E-state index in [1.807, 2.05) is 0 Å². The summed E-state index contributed by atoms with van der Waals surface area (Å²) in [7, 11) is -1.54. The van der Waals surface area contributed by atoms with Crippen molar-refractivity contribution in [3.8, 4) is 0 Å². The molecule has 0 radical (unpaired) electrons. The van der Waals surface area contributed by atoms with Gasteiger partial charge >= 0.3 is 0 Å². The highest BCUT2D eigenvalue weighted by atomic mass is 28.4. The van der Waals surface area contributed by atoms with Gasteiger partial charge in [-0.1, -0.05) is 37.6 Å².